The average Bonchev–Trinajstić information content (AvgIpc) is 4.01. The molecule has 0 aliphatic carbocycles. The van der Waals surface area contributed by atoms with Crippen LogP contribution in [0, 0.1) is 0 Å². The van der Waals surface area contributed by atoms with Crippen LogP contribution in [0.15, 0.2) is 235 Å². The van der Waals surface area contributed by atoms with Crippen LogP contribution in [0.1, 0.15) is 0 Å². The van der Waals surface area contributed by atoms with E-state index >= 15 is 0 Å². The molecule has 3 heterocycles. The van der Waals surface area contributed by atoms with Gasteiger partial charge in [-0.2, -0.15) is 0 Å². The maximum atomic E-state index is 6.57. The molecule has 0 saturated carbocycles. The quantitative estimate of drug-likeness (QED) is 0.164. The molecule has 0 amide bonds. The minimum Gasteiger partial charge on any atom is -0.456 e. The first kappa shape index (κ1) is 35.4. The standard InChI is InChI=1S/C60H38N2O/c1-3-17-44(18-4-1)61-54-26-11-9-23-49(54)51-36-39(29-32-56(51)61)40-31-34-58-53(37-40)60-48(25-14-28-59(60)63-58)42-16-13-15-41(35-42)46-21-7-8-22-47(46)43-30-33-57-52(38-43)50-24-10-12-27-55(50)62(57)45-19-5-2-6-20-45/h1-38H. The van der Waals surface area contributed by atoms with Crippen LogP contribution < -0.4 is 0 Å². The molecule has 0 saturated heterocycles. The number of hydrogen-bond donors (Lipinski definition) is 0. The van der Waals surface area contributed by atoms with Crippen molar-refractivity contribution in [1.29, 1.82) is 0 Å². The van der Waals surface area contributed by atoms with Gasteiger partial charge in [0.15, 0.2) is 0 Å². The zero-order valence-electron chi connectivity index (χ0n) is 34.2. The number of nitrogens with zero attached hydrogens (tertiary/aromatic N) is 2. The molecular weight excluding hydrogens is 765 g/mol. The summed E-state index contributed by atoms with van der Waals surface area (Å²) in [6.07, 6.45) is 0. The molecule has 13 rings (SSSR count). The molecule has 0 atom stereocenters. The predicted octanol–water partition coefficient (Wildman–Crippen LogP) is 16.4. The SMILES string of the molecule is c1ccc(-n2c3ccccc3c3cc(-c4ccc5oc6cccc(-c7cccc(-c8ccccc8-c8ccc9c(c8)c8ccccc8n9-c8ccccc8)c7)c6c5c4)ccc32)cc1. The van der Waals surface area contributed by atoms with Crippen LogP contribution in [0.5, 0.6) is 0 Å². The number of aromatic nitrogens is 2. The molecule has 0 radical (unpaired) electrons. The lowest BCUT2D eigenvalue weighted by atomic mass is 9.91. The second-order valence-electron chi connectivity index (χ2n) is 16.5. The van der Waals surface area contributed by atoms with E-state index in [9.17, 15) is 0 Å². The van der Waals surface area contributed by atoms with Gasteiger partial charge in [-0.3, -0.25) is 0 Å². The average molecular weight is 803 g/mol. The summed E-state index contributed by atoms with van der Waals surface area (Å²) >= 11 is 0. The van der Waals surface area contributed by atoms with Crippen LogP contribution in [-0.2, 0) is 0 Å². The molecule has 0 spiro atoms. The molecule has 0 unspecified atom stereocenters. The molecule has 294 valence electrons. The van der Waals surface area contributed by atoms with Crippen LogP contribution in [0.2, 0.25) is 0 Å². The van der Waals surface area contributed by atoms with Gasteiger partial charge in [-0.1, -0.05) is 146 Å². The first-order valence-corrected chi connectivity index (χ1v) is 21.6. The molecule has 0 N–H and O–H groups in total. The molecule has 3 aromatic heterocycles. The van der Waals surface area contributed by atoms with Crippen LogP contribution in [0.4, 0.5) is 0 Å². The summed E-state index contributed by atoms with van der Waals surface area (Å²) in [5.41, 5.74) is 18.3. The summed E-state index contributed by atoms with van der Waals surface area (Å²) < 4.78 is 11.3. The van der Waals surface area contributed by atoms with Crippen LogP contribution in [0.3, 0.4) is 0 Å². The highest BCUT2D eigenvalue weighted by Crippen LogP contribution is 2.43. The maximum absolute atomic E-state index is 6.57. The maximum Gasteiger partial charge on any atom is 0.136 e. The Kier molecular flexibility index (Phi) is 7.91. The minimum atomic E-state index is 0.883. The fraction of sp³-hybridized carbons (Fsp3) is 0. The van der Waals surface area contributed by atoms with Gasteiger partial charge in [0.05, 0.1) is 22.1 Å². The second-order valence-corrected chi connectivity index (χ2v) is 16.5. The normalized spacial score (nSPS) is 11.8. The van der Waals surface area contributed by atoms with Gasteiger partial charge in [0, 0.05) is 43.7 Å². The third kappa shape index (κ3) is 5.60. The van der Waals surface area contributed by atoms with Gasteiger partial charge in [-0.25, -0.2) is 0 Å². The van der Waals surface area contributed by atoms with E-state index in [0.717, 1.165) is 50.0 Å². The summed E-state index contributed by atoms with van der Waals surface area (Å²) in [5, 5.41) is 7.21. The summed E-state index contributed by atoms with van der Waals surface area (Å²) in [7, 11) is 0. The molecule has 3 nitrogen and oxygen atoms in total. The van der Waals surface area contributed by atoms with Crippen molar-refractivity contribution in [2.24, 2.45) is 0 Å². The van der Waals surface area contributed by atoms with Gasteiger partial charge in [0.25, 0.3) is 0 Å². The number of rotatable bonds is 6. The van der Waals surface area contributed by atoms with Gasteiger partial charge in [0.2, 0.25) is 0 Å². The molecule has 0 aliphatic heterocycles. The number of furan rings is 1. The fourth-order valence-corrected chi connectivity index (χ4v) is 10.1. The van der Waals surface area contributed by atoms with Crippen molar-refractivity contribution in [1.82, 2.24) is 9.13 Å². The van der Waals surface area contributed by atoms with E-state index in [1.165, 1.54) is 71.4 Å². The summed E-state index contributed by atoms with van der Waals surface area (Å²) in [6.45, 7) is 0. The third-order valence-electron chi connectivity index (χ3n) is 12.9. The van der Waals surface area contributed by atoms with Gasteiger partial charge in [-0.15, -0.1) is 0 Å². The van der Waals surface area contributed by atoms with E-state index in [-0.39, 0.29) is 0 Å². The Bertz CT molecular complexity index is 3900. The van der Waals surface area contributed by atoms with Crippen molar-refractivity contribution < 1.29 is 4.42 Å². The van der Waals surface area contributed by atoms with Crippen LogP contribution >= 0.6 is 0 Å². The number of para-hydroxylation sites is 4. The lowest BCUT2D eigenvalue weighted by Gasteiger charge is -2.13. The number of hydrogen-bond acceptors (Lipinski definition) is 1. The van der Waals surface area contributed by atoms with E-state index in [4.69, 9.17) is 4.42 Å². The molecule has 13 aromatic rings. The summed E-state index contributed by atoms with van der Waals surface area (Å²) in [4.78, 5) is 0. The fourth-order valence-electron chi connectivity index (χ4n) is 10.1. The van der Waals surface area contributed by atoms with Crippen LogP contribution in [-0.4, -0.2) is 9.13 Å². The van der Waals surface area contributed by atoms with Crippen molar-refractivity contribution in [3.05, 3.63) is 231 Å². The topological polar surface area (TPSA) is 23.0 Å². The lowest BCUT2D eigenvalue weighted by molar-refractivity contribution is 0.669. The monoisotopic (exact) mass is 802 g/mol. The summed E-state index contributed by atoms with van der Waals surface area (Å²) in [5.74, 6) is 0. The molecule has 0 bridgehead atoms. The Morgan fingerprint density at radius 3 is 1.33 bits per heavy atom. The first-order chi connectivity index (χ1) is 31.2. The highest BCUT2D eigenvalue weighted by molar-refractivity contribution is 6.15. The largest absolute Gasteiger partial charge is 0.456 e. The zero-order chi connectivity index (χ0) is 41.4. The molecule has 0 fully saturated rings. The Morgan fingerprint density at radius 1 is 0.254 bits per heavy atom. The van der Waals surface area contributed by atoms with Gasteiger partial charge >= 0.3 is 0 Å². The molecule has 10 aromatic carbocycles. The highest BCUT2D eigenvalue weighted by Gasteiger charge is 2.18. The Hall–Kier alpha value is -8.40. The van der Waals surface area contributed by atoms with E-state index in [0.29, 0.717) is 0 Å². The number of fused-ring (bicyclic) bond motifs is 9. The van der Waals surface area contributed by atoms with Crippen LogP contribution in [0.25, 0.3) is 121 Å². The van der Waals surface area contributed by atoms with Crippen molar-refractivity contribution in [3.8, 4) is 55.9 Å². The van der Waals surface area contributed by atoms with E-state index in [1.807, 2.05) is 0 Å². The first-order valence-electron chi connectivity index (χ1n) is 21.6. The van der Waals surface area contributed by atoms with Gasteiger partial charge in [-0.05, 0) is 129 Å². The van der Waals surface area contributed by atoms with Crippen molar-refractivity contribution in [2.75, 3.05) is 0 Å². The molecular formula is C60H38N2O. The smallest absolute Gasteiger partial charge is 0.136 e. The zero-order valence-corrected chi connectivity index (χ0v) is 34.2. The van der Waals surface area contributed by atoms with Crippen molar-refractivity contribution in [3.63, 3.8) is 0 Å². The van der Waals surface area contributed by atoms with Gasteiger partial charge in [0.1, 0.15) is 11.2 Å². The second kappa shape index (κ2) is 14.1. The lowest BCUT2D eigenvalue weighted by Crippen LogP contribution is -1.93. The Morgan fingerprint density at radius 2 is 0.698 bits per heavy atom. The third-order valence-corrected chi connectivity index (χ3v) is 12.9. The Balaban J connectivity index is 0.917. The highest BCUT2D eigenvalue weighted by atomic mass is 16.3. The van der Waals surface area contributed by atoms with Crippen molar-refractivity contribution >= 4 is 65.6 Å². The van der Waals surface area contributed by atoms with Gasteiger partial charge < -0.3 is 13.6 Å². The van der Waals surface area contributed by atoms with E-state index in [1.54, 1.807) is 0 Å². The molecule has 63 heavy (non-hydrogen) atoms. The molecule has 3 heteroatoms. The van der Waals surface area contributed by atoms with E-state index in [2.05, 4.69) is 240 Å². The minimum absolute atomic E-state index is 0.883. The van der Waals surface area contributed by atoms with Crippen molar-refractivity contribution in [2.45, 2.75) is 0 Å². The number of benzene rings is 10. The Labute approximate surface area is 363 Å². The summed E-state index contributed by atoms with van der Waals surface area (Å²) in [6, 6.07) is 83.4. The molecule has 0 aliphatic rings. The predicted molar refractivity (Wildman–Crippen MR) is 264 cm³/mol. The van der Waals surface area contributed by atoms with E-state index < -0.39 is 0 Å².